The molecule has 1 N–H and O–H groups in total. The van der Waals surface area contributed by atoms with Crippen LogP contribution in [0.5, 0.6) is 0 Å². The average Bonchev–Trinajstić information content (AvgIpc) is 3.29. The maximum atomic E-state index is 5.51. The van der Waals surface area contributed by atoms with Crippen molar-refractivity contribution in [3.05, 3.63) is 65.8 Å². The Kier molecular flexibility index (Phi) is 3.76. The molecule has 0 unspecified atom stereocenters. The minimum Gasteiger partial charge on any atom is -0.352 e. The summed E-state index contributed by atoms with van der Waals surface area (Å²) in [6.07, 6.45) is 5.21. The first-order valence-electron chi connectivity index (χ1n) is 8.06. The molecule has 0 amide bonds. The van der Waals surface area contributed by atoms with Crippen molar-refractivity contribution in [1.82, 2.24) is 34.8 Å². The molecular weight excluding hydrogens is 334 g/mol. The highest BCUT2D eigenvalue weighted by molar-refractivity contribution is 7.80. The van der Waals surface area contributed by atoms with Crippen LogP contribution in [0.2, 0.25) is 0 Å². The zero-order chi connectivity index (χ0) is 17.6. The monoisotopic (exact) mass is 353 g/mol. The lowest BCUT2D eigenvalue weighted by Gasteiger charge is -2.24. The van der Waals surface area contributed by atoms with Gasteiger partial charge in [-0.15, -0.1) is 10.2 Å². The Morgan fingerprint density at radius 2 is 1.92 bits per heavy atom. The average molecular weight is 353 g/mol. The van der Waals surface area contributed by atoms with E-state index in [2.05, 4.69) is 50.0 Å². The number of rotatable bonds is 3. The van der Waals surface area contributed by atoms with Crippen molar-refractivity contribution in [2.45, 2.75) is 25.9 Å². The minimum absolute atomic E-state index is 0.00793. The first-order valence-corrected chi connectivity index (χ1v) is 8.47. The lowest BCUT2D eigenvalue weighted by molar-refractivity contribution is 0.366. The topological polar surface area (TPSA) is 63.8 Å². The van der Waals surface area contributed by atoms with Gasteiger partial charge in [0.15, 0.2) is 5.11 Å². The summed E-state index contributed by atoms with van der Waals surface area (Å²) in [7, 11) is 2.02. The Bertz CT molecular complexity index is 901. The lowest BCUT2D eigenvalue weighted by Crippen LogP contribution is -2.25. The molecule has 4 heterocycles. The van der Waals surface area contributed by atoms with Crippen molar-refractivity contribution in [2.24, 2.45) is 0 Å². The van der Waals surface area contributed by atoms with Crippen LogP contribution in [0.4, 0.5) is 0 Å². The smallest absolute Gasteiger partial charge is 0.169 e. The molecule has 0 bridgehead atoms. The summed E-state index contributed by atoms with van der Waals surface area (Å²) in [5.74, 6) is 0. The number of aromatic nitrogens is 5. The Morgan fingerprint density at radius 1 is 1.16 bits per heavy atom. The van der Waals surface area contributed by atoms with Crippen LogP contribution in [-0.4, -0.2) is 41.6 Å². The molecule has 0 aliphatic carbocycles. The van der Waals surface area contributed by atoms with Crippen molar-refractivity contribution in [3.8, 4) is 0 Å². The van der Waals surface area contributed by atoms with E-state index in [0.29, 0.717) is 0 Å². The molecule has 4 rings (SSSR count). The number of hydrogen-bond donors (Lipinski definition) is 1. The molecule has 128 valence electrons. The van der Waals surface area contributed by atoms with Gasteiger partial charge in [0, 0.05) is 30.2 Å². The highest BCUT2D eigenvalue weighted by Gasteiger charge is 2.39. The van der Waals surface area contributed by atoms with E-state index in [1.165, 1.54) is 5.56 Å². The predicted molar refractivity (Wildman–Crippen MR) is 97.9 cm³/mol. The van der Waals surface area contributed by atoms with E-state index >= 15 is 0 Å². The maximum Gasteiger partial charge on any atom is 0.169 e. The van der Waals surface area contributed by atoms with Crippen LogP contribution in [0.3, 0.4) is 0 Å². The first kappa shape index (κ1) is 15.8. The van der Waals surface area contributed by atoms with Crippen molar-refractivity contribution < 1.29 is 0 Å². The summed E-state index contributed by atoms with van der Waals surface area (Å²) < 4.78 is 3.98. The molecule has 1 aliphatic rings. The summed E-state index contributed by atoms with van der Waals surface area (Å²) >= 11 is 5.51. The van der Waals surface area contributed by atoms with Crippen LogP contribution in [-0.2, 0) is 0 Å². The number of thiocarbonyl (C=S) groups is 1. The van der Waals surface area contributed by atoms with Gasteiger partial charge < -0.3 is 10.2 Å². The zero-order valence-electron chi connectivity index (χ0n) is 14.3. The second kappa shape index (κ2) is 5.96. The highest BCUT2D eigenvalue weighted by Crippen LogP contribution is 2.39. The lowest BCUT2D eigenvalue weighted by atomic mass is 9.97. The van der Waals surface area contributed by atoms with E-state index in [4.69, 9.17) is 12.2 Å². The molecule has 1 saturated heterocycles. The number of pyridine rings is 1. The normalized spacial score (nSPS) is 20.1. The molecule has 8 heteroatoms. The van der Waals surface area contributed by atoms with Gasteiger partial charge in [0.05, 0.1) is 17.8 Å². The Hall–Kier alpha value is -2.74. The van der Waals surface area contributed by atoms with E-state index in [-0.39, 0.29) is 12.1 Å². The fraction of sp³-hybridized carbons (Fsp3) is 0.294. The highest BCUT2D eigenvalue weighted by atomic mass is 32.1. The summed E-state index contributed by atoms with van der Waals surface area (Å²) in [5, 5.41) is 12.0. The summed E-state index contributed by atoms with van der Waals surface area (Å²) in [5.41, 5.74) is 4.42. The summed E-state index contributed by atoms with van der Waals surface area (Å²) in [6.45, 7) is 4.18. The third kappa shape index (κ3) is 2.49. The molecule has 1 fully saturated rings. The van der Waals surface area contributed by atoms with Gasteiger partial charge in [-0.3, -0.25) is 9.66 Å². The largest absolute Gasteiger partial charge is 0.352 e. The van der Waals surface area contributed by atoms with Gasteiger partial charge in [-0.05, 0) is 44.3 Å². The van der Waals surface area contributed by atoms with Crippen LogP contribution in [0, 0.1) is 13.8 Å². The Labute approximate surface area is 151 Å². The summed E-state index contributed by atoms with van der Waals surface area (Å²) in [4.78, 5) is 6.64. The third-order valence-corrected chi connectivity index (χ3v) is 5.13. The van der Waals surface area contributed by atoms with E-state index in [9.17, 15) is 0 Å². The van der Waals surface area contributed by atoms with Gasteiger partial charge >= 0.3 is 0 Å². The Balaban J connectivity index is 1.82. The number of nitrogens with zero attached hydrogens (tertiary/aromatic N) is 6. The van der Waals surface area contributed by atoms with Crippen LogP contribution >= 0.6 is 12.2 Å². The maximum absolute atomic E-state index is 5.51. The zero-order valence-corrected chi connectivity index (χ0v) is 15.1. The van der Waals surface area contributed by atoms with E-state index < -0.39 is 0 Å². The summed E-state index contributed by atoms with van der Waals surface area (Å²) in [6, 6.07) is 8.23. The molecule has 0 saturated carbocycles. The van der Waals surface area contributed by atoms with Gasteiger partial charge in [0.2, 0.25) is 0 Å². The quantitative estimate of drug-likeness (QED) is 0.727. The molecule has 0 aromatic carbocycles. The van der Waals surface area contributed by atoms with E-state index in [0.717, 1.165) is 22.2 Å². The van der Waals surface area contributed by atoms with Gasteiger partial charge in [-0.25, -0.2) is 4.68 Å². The number of hydrogen-bond acceptors (Lipinski definition) is 4. The molecule has 3 aromatic rings. The van der Waals surface area contributed by atoms with Crippen molar-refractivity contribution in [3.63, 3.8) is 0 Å². The van der Waals surface area contributed by atoms with Crippen molar-refractivity contribution >= 4 is 17.3 Å². The molecule has 3 aromatic heterocycles. The molecule has 0 spiro atoms. The Morgan fingerprint density at radius 3 is 2.60 bits per heavy atom. The van der Waals surface area contributed by atoms with Gasteiger partial charge in [-0.1, -0.05) is 6.07 Å². The number of aryl methyl sites for hydroxylation is 1. The first-order chi connectivity index (χ1) is 12.1. The molecule has 25 heavy (non-hydrogen) atoms. The van der Waals surface area contributed by atoms with Gasteiger partial charge in [-0.2, -0.15) is 0 Å². The fourth-order valence-electron chi connectivity index (χ4n) is 3.58. The second-order valence-corrected chi connectivity index (χ2v) is 6.60. The van der Waals surface area contributed by atoms with Crippen LogP contribution in [0.1, 0.15) is 34.7 Å². The molecule has 7 nitrogen and oxygen atoms in total. The molecule has 0 radical (unpaired) electrons. The van der Waals surface area contributed by atoms with Crippen LogP contribution < -0.4 is 5.32 Å². The van der Waals surface area contributed by atoms with E-state index in [1.807, 2.05) is 36.1 Å². The number of nitrogens with one attached hydrogen (secondary N) is 1. The third-order valence-electron chi connectivity index (χ3n) is 4.73. The van der Waals surface area contributed by atoms with Gasteiger partial charge in [0.25, 0.3) is 0 Å². The predicted octanol–water partition coefficient (Wildman–Crippen LogP) is 2.01. The van der Waals surface area contributed by atoms with E-state index in [1.54, 1.807) is 12.7 Å². The SMILES string of the molecule is Cc1cc([C@H]2[C@H](c3ccccn3)NC(=S)N2C)c(C)n1-n1cnnc1. The van der Waals surface area contributed by atoms with Crippen molar-refractivity contribution in [1.29, 1.82) is 0 Å². The minimum atomic E-state index is 0.00793. The molecule has 2 atom stereocenters. The van der Waals surface area contributed by atoms with Crippen LogP contribution in [0.25, 0.3) is 0 Å². The molecule has 1 aliphatic heterocycles. The van der Waals surface area contributed by atoms with Crippen LogP contribution in [0.15, 0.2) is 43.1 Å². The number of likely N-dealkylation sites (N-methyl/N-ethyl adjacent to an activating group) is 1. The standard InChI is InChI=1S/C17H19N7S/c1-11-8-13(12(2)24(11)23-9-19-20-10-23)16-15(21-17(25)22(16)3)14-6-4-5-7-18-14/h4-10,15-16H,1-3H3,(H,21,25)/t15-,16-/m0/s1. The van der Waals surface area contributed by atoms with Gasteiger partial charge in [0.1, 0.15) is 12.7 Å². The second-order valence-electron chi connectivity index (χ2n) is 6.22. The van der Waals surface area contributed by atoms with Crippen molar-refractivity contribution in [2.75, 3.05) is 7.05 Å². The fourth-order valence-corrected chi connectivity index (χ4v) is 3.82. The molecular formula is C17H19N7S.